The Morgan fingerprint density at radius 1 is 1.31 bits per heavy atom. The molecule has 2 aromatic rings. The molecular weight excluding hydrogens is 337 g/mol. The van der Waals surface area contributed by atoms with Gasteiger partial charge in [-0.15, -0.1) is 0 Å². The molecule has 6 nitrogen and oxygen atoms in total. The van der Waals surface area contributed by atoms with Gasteiger partial charge in [-0.05, 0) is 19.1 Å². The van der Waals surface area contributed by atoms with E-state index in [1.807, 2.05) is 11.8 Å². The number of halogens is 1. The van der Waals surface area contributed by atoms with Crippen molar-refractivity contribution in [2.24, 2.45) is 0 Å². The minimum absolute atomic E-state index is 0.0348. The van der Waals surface area contributed by atoms with E-state index in [-0.39, 0.29) is 23.4 Å². The standard InChI is InChI=1S/C19H22FN3O3/c1-14-11-22(13-19(26-14)6-8-25-9-7-19)18(24)15-10-21-23(12-15)17-5-3-2-4-16(17)20/h2-5,10,12,14H,6-9,11,13H2,1H3/t14-/m0/s1. The number of nitrogens with zero attached hydrogens (tertiary/aromatic N) is 3. The topological polar surface area (TPSA) is 56.6 Å². The van der Waals surface area contributed by atoms with Crippen LogP contribution in [-0.4, -0.2) is 58.6 Å². The van der Waals surface area contributed by atoms with Crippen molar-refractivity contribution in [1.29, 1.82) is 0 Å². The number of benzene rings is 1. The molecule has 2 fully saturated rings. The van der Waals surface area contributed by atoms with Gasteiger partial charge in [0.2, 0.25) is 0 Å². The molecule has 0 saturated carbocycles. The van der Waals surface area contributed by atoms with Crippen LogP contribution in [0.1, 0.15) is 30.1 Å². The largest absolute Gasteiger partial charge is 0.381 e. The highest BCUT2D eigenvalue weighted by atomic mass is 19.1. The highest BCUT2D eigenvalue weighted by Gasteiger charge is 2.42. The first-order valence-electron chi connectivity index (χ1n) is 8.91. The molecule has 26 heavy (non-hydrogen) atoms. The summed E-state index contributed by atoms with van der Waals surface area (Å²) < 4.78 is 27.0. The molecule has 3 heterocycles. The molecule has 1 amide bonds. The van der Waals surface area contributed by atoms with Crippen molar-refractivity contribution in [3.8, 4) is 5.69 Å². The normalized spacial score (nSPS) is 22.5. The molecule has 2 saturated heterocycles. The van der Waals surface area contributed by atoms with Gasteiger partial charge in [0.1, 0.15) is 11.5 Å². The van der Waals surface area contributed by atoms with Crippen molar-refractivity contribution in [2.75, 3.05) is 26.3 Å². The van der Waals surface area contributed by atoms with E-state index in [1.54, 1.807) is 24.4 Å². The number of ether oxygens (including phenoxy) is 2. The second kappa shape index (κ2) is 6.81. The zero-order valence-corrected chi connectivity index (χ0v) is 14.7. The molecule has 0 radical (unpaired) electrons. The van der Waals surface area contributed by atoms with Gasteiger partial charge < -0.3 is 14.4 Å². The zero-order valence-electron chi connectivity index (χ0n) is 14.7. The van der Waals surface area contributed by atoms with Gasteiger partial charge in [-0.25, -0.2) is 9.07 Å². The third-order valence-corrected chi connectivity index (χ3v) is 5.03. The van der Waals surface area contributed by atoms with Gasteiger partial charge in [0.15, 0.2) is 0 Å². The second-order valence-corrected chi connectivity index (χ2v) is 7.03. The zero-order chi connectivity index (χ0) is 18.1. The van der Waals surface area contributed by atoms with Crippen LogP contribution < -0.4 is 0 Å². The molecule has 1 aromatic carbocycles. The Morgan fingerprint density at radius 3 is 2.85 bits per heavy atom. The van der Waals surface area contributed by atoms with Gasteiger partial charge in [0.05, 0.1) is 30.0 Å². The fourth-order valence-electron chi connectivity index (χ4n) is 3.78. The van der Waals surface area contributed by atoms with E-state index in [1.165, 1.54) is 16.9 Å². The molecule has 2 aliphatic heterocycles. The molecule has 1 aromatic heterocycles. The van der Waals surface area contributed by atoms with E-state index in [0.29, 0.717) is 37.6 Å². The van der Waals surface area contributed by atoms with Crippen LogP contribution in [0.5, 0.6) is 0 Å². The Labute approximate surface area is 151 Å². The van der Waals surface area contributed by atoms with Crippen molar-refractivity contribution in [1.82, 2.24) is 14.7 Å². The molecule has 7 heteroatoms. The van der Waals surface area contributed by atoms with E-state index in [2.05, 4.69) is 5.10 Å². The number of carbonyl (C=O) groups is 1. The van der Waals surface area contributed by atoms with Gasteiger partial charge in [-0.1, -0.05) is 12.1 Å². The van der Waals surface area contributed by atoms with Crippen LogP contribution in [0, 0.1) is 5.82 Å². The van der Waals surface area contributed by atoms with E-state index in [9.17, 15) is 9.18 Å². The molecule has 0 unspecified atom stereocenters. The molecule has 2 aliphatic rings. The van der Waals surface area contributed by atoms with Crippen LogP contribution >= 0.6 is 0 Å². The lowest BCUT2D eigenvalue weighted by molar-refractivity contribution is -0.176. The van der Waals surface area contributed by atoms with E-state index in [4.69, 9.17) is 9.47 Å². The maximum Gasteiger partial charge on any atom is 0.257 e. The fourth-order valence-corrected chi connectivity index (χ4v) is 3.78. The summed E-state index contributed by atoms with van der Waals surface area (Å²) in [6, 6.07) is 6.36. The molecule has 4 rings (SSSR count). The summed E-state index contributed by atoms with van der Waals surface area (Å²) >= 11 is 0. The average molecular weight is 359 g/mol. The maximum absolute atomic E-state index is 13.9. The van der Waals surface area contributed by atoms with Gasteiger partial charge in [-0.3, -0.25) is 4.79 Å². The monoisotopic (exact) mass is 359 g/mol. The first-order chi connectivity index (χ1) is 12.6. The fraction of sp³-hybridized carbons (Fsp3) is 0.474. The molecule has 0 N–H and O–H groups in total. The van der Waals surface area contributed by atoms with E-state index >= 15 is 0 Å². The van der Waals surface area contributed by atoms with Gasteiger partial charge >= 0.3 is 0 Å². The number of rotatable bonds is 2. The molecule has 1 atom stereocenters. The quantitative estimate of drug-likeness (QED) is 0.826. The summed E-state index contributed by atoms with van der Waals surface area (Å²) in [6.07, 6.45) is 4.61. The number of hydrogen-bond acceptors (Lipinski definition) is 4. The summed E-state index contributed by atoms with van der Waals surface area (Å²) in [5, 5.41) is 4.16. The third-order valence-electron chi connectivity index (χ3n) is 5.03. The van der Waals surface area contributed by atoms with Crippen molar-refractivity contribution in [3.05, 3.63) is 48.0 Å². The number of carbonyl (C=O) groups excluding carboxylic acids is 1. The summed E-state index contributed by atoms with van der Waals surface area (Å²) in [7, 11) is 0. The Bertz CT molecular complexity index is 801. The summed E-state index contributed by atoms with van der Waals surface area (Å²) in [5.74, 6) is -0.482. The average Bonchev–Trinajstić information content (AvgIpc) is 3.11. The van der Waals surface area contributed by atoms with Crippen LogP contribution in [-0.2, 0) is 9.47 Å². The van der Waals surface area contributed by atoms with Crippen molar-refractivity contribution in [3.63, 3.8) is 0 Å². The molecule has 0 bridgehead atoms. The SMILES string of the molecule is C[C@H]1CN(C(=O)c2cnn(-c3ccccc3F)c2)CC2(CCOCC2)O1. The molecule has 0 aliphatic carbocycles. The Kier molecular flexibility index (Phi) is 4.50. The van der Waals surface area contributed by atoms with Crippen LogP contribution in [0.4, 0.5) is 4.39 Å². The van der Waals surface area contributed by atoms with Crippen LogP contribution in [0.25, 0.3) is 5.69 Å². The number of hydrogen-bond donors (Lipinski definition) is 0. The number of para-hydroxylation sites is 1. The lowest BCUT2D eigenvalue weighted by Crippen LogP contribution is -2.58. The molecule has 1 spiro atoms. The lowest BCUT2D eigenvalue weighted by atomic mass is 9.91. The van der Waals surface area contributed by atoms with Crippen molar-refractivity contribution < 1.29 is 18.7 Å². The Hall–Kier alpha value is -2.25. The number of morpholine rings is 1. The van der Waals surface area contributed by atoms with Gasteiger partial charge in [0, 0.05) is 38.8 Å². The number of amides is 1. The van der Waals surface area contributed by atoms with Crippen molar-refractivity contribution >= 4 is 5.91 Å². The lowest BCUT2D eigenvalue weighted by Gasteiger charge is -2.47. The predicted octanol–water partition coefficient (Wildman–Crippen LogP) is 2.42. The summed E-state index contributed by atoms with van der Waals surface area (Å²) in [4.78, 5) is 14.8. The van der Waals surface area contributed by atoms with Crippen LogP contribution in [0.15, 0.2) is 36.7 Å². The highest BCUT2D eigenvalue weighted by molar-refractivity contribution is 5.94. The van der Waals surface area contributed by atoms with Gasteiger partial charge in [0.25, 0.3) is 5.91 Å². The van der Waals surface area contributed by atoms with Gasteiger partial charge in [-0.2, -0.15) is 5.10 Å². The first-order valence-corrected chi connectivity index (χ1v) is 8.91. The van der Waals surface area contributed by atoms with E-state index < -0.39 is 0 Å². The van der Waals surface area contributed by atoms with E-state index in [0.717, 1.165) is 12.8 Å². The van der Waals surface area contributed by atoms with Crippen molar-refractivity contribution in [2.45, 2.75) is 31.5 Å². The Balaban J connectivity index is 1.55. The van der Waals surface area contributed by atoms with Crippen LogP contribution in [0.2, 0.25) is 0 Å². The minimum Gasteiger partial charge on any atom is -0.381 e. The maximum atomic E-state index is 13.9. The predicted molar refractivity (Wildman–Crippen MR) is 92.8 cm³/mol. The minimum atomic E-state index is -0.379. The third kappa shape index (κ3) is 3.24. The van der Waals surface area contributed by atoms with Crippen LogP contribution in [0.3, 0.4) is 0 Å². The highest BCUT2D eigenvalue weighted by Crippen LogP contribution is 2.32. The summed E-state index contributed by atoms with van der Waals surface area (Å²) in [6.45, 7) is 4.37. The molecular formula is C19H22FN3O3. The first kappa shape index (κ1) is 17.2. The Morgan fingerprint density at radius 2 is 2.08 bits per heavy atom. The second-order valence-electron chi connectivity index (χ2n) is 7.03. The summed E-state index contributed by atoms with van der Waals surface area (Å²) in [5.41, 5.74) is 0.444. The molecule has 138 valence electrons. The number of aromatic nitrogens is 2. The smallest absolute Gasteiger partial charge is 0.257 e.